The number of phenols is 1. The number of aromatic hydroxyl groups is 1. The second-order valence-electron chi connectivity index (χ2n) is 3.84. The third kappa shape index (κ3) is 2.22. The van der Waals surface area contributed by atoms with Gasteiger partial charge in [-0.25, -0.2) is 0 Å². The molecular weight excluding hydrogens is 230 g/mol. The smallest absolute Gasteiger partial charge is 0.248 e. The van der Waals surface area contributed by atoms with Crippen LogP contribution in [0.3, 0.4) is 0 Å². The molecule has 1 amide bonds. The molecule has 0 aromatic heterocycles. The van der Waals surface area contributed by atoms with E-state index in [4.69, 9.17) is 5.73 Å². The van der Waals surface area contributed by atoms with E-state index < -0.39 is 5.91 Å². The summed E-state index contributed by atoms with van der Waals surface area (Å²) < 4.78 is 0. The fourth-order valence-corrected chi connectivity index (χ4v) is 1.70. The molecule has 0 aliphatic carbocycles. The van der Waals surface area contributed by atoms with E-state index in [1.165, 1.54) is 12.1 Å². The molecule has 0 aliphatic rings. The summed E-state index contributed by atoms with van der Waals surface area (Å²) in [7, 11) is 0. The monoisotopic (exact) mass is 241 g/mol. The van der Waals surface area contributed by atoms with Crippen LogP contribution < -0.4 is 5.73 Å². The van der Waals surface area contributed by atoms with Crippen LogP contribution in [0.25, 0.3) is 11.1 Å². The Hall–Kier alpha value is -2.62. The molecule has 0 heterocycles. The van der Waals surface area contributed by atoms with Crippen LogP contribution in [-0.2, 0) is 0 Å². The molecule has 0 saturated carbocycles. The van der Waals surface area contributed by atoms with Gasteiger partial charge in [0.2, 0.25) is 5.91 Å². The lowest BCUT2D eigenvalue weighted by molar-refractivity contribution is 0.1000. The summed E-state index contributed by atoms with van der Waals surface area (Å²) in [6, 6.07) is 11.1. The van der Waals surface area contributed by atoms with Crippen LogP contribution in [0.4, 0.5) is 0 Å². The molecule has 0 saturated heterocycles. The first kappa shape index (κ1) is 11.9. The highest BCUT2D eigenvalue weighted by Crippen LogP contribution is 2.30. The lowest BCUT2D eigenvalue weighted by Crippen LogP contribution is -2.10. The summed E-state index contributed by atoms with van der Waals surface area (Å²) in [6.07, 6.45) is 0.695. The Bertz CT molecular complexity index is 620. The molecule has 0 radical (unpaired) electrons. The number of primary amides is 1. The van der Waals surface area contributed by atoms with E-state index >= 15 is 0 Å². The maximum Gasteiger partial charge on any atom is 0.248 e. The Kier molecular flexibility index (Phi) is 3.10. The van der Waals surface area contributed by atoms with Crippen molar-refractivity contribution in [2.45, 2.75) is 0 Å². The topological polar surface area (TPSA) is 80.4 Å². The van der Waals surface area contributed by atoms with Crippen LogP contribution in [0.1, 0.15) is 20.7 Å². The summed E-state index contributed by atoms with van der Waals surface area (Å²) in [5, 5.41) is 9.78. The minimum atomic E-state index is -0.539. The van der Waals surface area contributed by atoms with Crippen LogP contribution >= 0.6 is 0 Å². The van der Waals surface area contributed by atoms with Crippen molar-refractivity contribution in [3.63, 3.8) is 0 Å². The fourth-order valence-electron chi connectivity index (χ4n) is 1.70. The van der Waals surface area contributed by atoms with Crippen molar-refractivity contribution in [1.29, 1.82) is 0 Å². The number of carbonyl (C=O) groups excluding carboxylic acids is 2. The van der Waals surface area contributed by atoms with E-state index in [2.05, 4.69) is 0 Å². The Morgan fingerprint density at radius 1 is 1.17 bits per heavy atom. The Morgan fingerprint density at radius 2 is 1.94 bits per heavy atom. The third-order valence-corrected chi connectivity index (χ3v) is 2.61. The van der Waals surface area contributed by atoms with Gasteiger partial charge in [0.25, 0.3) is 0 Å². The largest absolute Gasteiger partial charge is 0.507 e. The maximum atomic E-state index is 11.1. The van der Waals surface area contributed by atoms with Crippen molar-refractivity contribution >= 4 is 12.2 Å². The molecule has 0 fully saturated rings. The van der Waals surface area contributed by atoms with E-state index in [0.717, 1.165) is 0 Å². The van der Waals surface area contributed by atoms with E-state index in [-0.39, 0.29) is 5.75 Å². The molecule has 2 aromatic rings. The molecule has 0 atom stereocenters. The molecule has 0 bridgehead atoms. The number of rotatable bonds is 3. The van der Waals surface area contributed by atoms with Crippen LogP contribution in [0.2, 0.25) is 0 Å². The van der Waals surface area contributed by atoms with Crippen molar-refractivity contribution in [1.82, 2.24) is 0 Å². The van der Waals surface area contributed by atoms with Crippen molar-refractivity contribution in [3.05, 3.63) is 53.6 Å². The second kappa shape index (κ2) is 4.71. The second-order valence-corrected chi connectivity index (χ2v) is 3.84. The number of carbonyl (C=O) groups is 2. The van der Waals surface area contributed by atoms with Crippen LogP contribution in [0.5, 0.6) is 5.75 Å². The lowest BCUT2D eigenvalue weighted by atomic mass is 10.00. The normalized spacial score (nSPS) is 10.0. The minimum absolute atomic E-state index is 0.0437. The summed E-state index contributed by atoms with van der Waals surface area (Å²) >= 11 is 0. The van der Waals surface area contributed by atoms with Crippen LogP contribution in [0.15, 0.2) is 42.5 Å². The van der Waals surface area contributed by atoms with E-state index in [0.29, 0.717) is 28.5 Å². The van der Waals surface area contributed by atoms with Crippen molar-refractivity contribution in [2.75, 3.05) is 0 Å². The Morgan fingerprint density at radius 3 is 2.61 bits per heavy atom. The van der Waals surface area contributed by atoms with E-state index in [1.54, 1.807) is 30.3 Å². The van der Waals surface area contributed by atoms with Crippen LogP contribution in [-0.4, -0.2) is 17.3 Å². The maximum absolute atomic E-state index is 11.1. The number of nitrogens with two attached hydrogens (primary N) is 1. The Labute approximate surface area is 104 Å². The average molecular weight is 241 g/mol. The van der Waals surface area contributed by atoms with Gasteiger partial charge in [0.1, 0.15) is 12.0 Å². The first-order chi connectivity index (χ1) is 8.61. The number of hydrogen-bond acceptors (Lipinski definition) is 3. The van der Waals surface area contributed by atoms with Crippen LogP contribution in [0, 0.1) is 0 Å². The predicted octanol–water partition coefficient (Wildman–Crippen LogP) is 1.97. The summed E-state index contributed by atoms with van der Waals surface area (Å²) in [5.74, 6) is -0.495. The van der Waals surface area contributed by atoms with Gasteiger partial charge in [0.05, 0.1) is 0 Å². The lowest BCUT2D eigenvalue weighted by Gasteiger charge is -2.06. The number of aldehydes is 1. The van der Waals surface area contributed by atoms with Gasteiger partial charge in [-0.2, -0.15) is 0 Å². The summed E-state index contributed by atoms with van der Waals surface area (Å²) in [4.78, 5) is 21.8. The molecule has 18 heavy (non-hydrogen) atoms. The molecule has 0 unspecified atom stereocenters. The van der Waals surface area contributed by atoms with Crippen molar-refractivity contribution in [2.24, 2.45) is 5.73 Å². The molecule has 90 valence electrons. The van der Waals surface area contributed by atoms with Gasteiger partial charge < -0.3 is 10.8 Å². The zero-order valence-electron chi connectivity index (χ0n) is 9.46. The first-order valence-corrected chi connectivity index (χ1v) is 5.30. The van der Waals surface area contributed by atoms with Crippen molar-refractivity contribution < 1.29 is 14.7 Å². The highest BCUT2D eigenvalue weighted by molar-refractivity contribution is 5.94. The summed E-state index contributed by atoms with van der Waals surface area (Å²) in [6.45, 7) is 0. The molecule has 4 nitrogen and oxygen atoms in total. The highest BCUT2D eigenvalue weighted by atomic mass is 16.3. The van der Waals surface area contributed by atoms with Crippen molar-refractivity contribution in [3.8, 4) is 16.9 Å². The zero-order valence-corrected chi connectivity index (χ0v) is 9.46. The minimum Gasteiger partial charge on any atom is -0.507 e. The summed E-state index contributed by atoms with van der Waals surface area (Å²) in [5.41, 5.74) is 7.12. The van der Waals surface area contributed by atoms with Gasteiger partial charge in [-0.05, 0) is 35.9 Å². The van der Waals surface area contributed by atoms with Gasteiger partial charge in [0, 0.05) is 16.7 Å². The molecule has 3 N–H and O–H groups in total. The zero-order chi connectivity index (χ0) is 13.1. The SMILES string of the molecule is NC(=O)c1cccc(-c2cc(C=O)ccc2O)c1. The molecule has 2 rings (SSSR count). The standard InChI is InChI=1S/C14H11NO3/c15-14(18)11-3-1-2-10(7-11)12-6-9(8-16)4-5-13(12)17/h1-8,17H,(H2,15,18). The Balaban J connectivity index is 2.57. The molecule has 0 spiro atoms. The molecule has 4 heteroatoms. The van der Waals surface area contributed by atoms with E-state index in [1.807, 2.05) is 0 Å². The molecule has 2 aromatic carbocycles. The van der Waals surface area contributed by atoms with Gasteiger partial charge in [-0.15, -0.1) is 0 Å². The number of phenolic OH excluding ortho intramolecular Hbond substituents is 1. The third-order valence-electron chi connectivity index (χ3n) is 2.61. The number of benzene rings is 2. The first-order valence-electron chi connectivity index (χ1n) is 5.30. The molecular formula is C14H11NO3. The fraction of sp³-hybridized carbons (Fsp3) is 0. The van der Waals surface area contributed by atoms with Gasteiger partial charge >= 0.3 is 0 Å². The highest BCUT2D eigenvalue weighted by Gasteiger charge is 2.08. The molecule has 0 aliphatic heterocycles. The van der Waals surface area contributed by atoms with E-state index in [9.17, 15) is 14.7 Å². The average Bonchev–Trinajstić information content (AvgIpc) is 2.39. The van der Waals surface area contributed by atoms with Gasteiger partial charge in [0.15, 0.2) is 0 Å². The number of amides is 1. The quantitative estimate of drug-likeness (QED) is 0.806. The predicted molar refractivity (Wildman–Crippen MR) is 67.4 cm³/mol. The van der Waals surface area contributed by atoms with Gasteiger partial charge in [-0.3, -0.25) is 9.59 Å². The number of hydrogen-bond donors (Lipinski definition) is 2. The van der Waals surface area contributed by atoms with Gasteiger partial charge in [-0.1, -0.05) is 12.1 Å².